The Morgan fingerprint density at radius 2 is 1.80 bits per heavy atom. The molecule has 5 heteroatoms. The monoisotopic (exact) mass is 331 g/mol. The largest absolute Gasteiger partial charge is 0.326 e. The Balaban J connectivity index is 3.44. The van der Waals surface area contributed by atoms with Crippen LogP contribution >= 0.6 is 47.8 Å². The molecule has 0 aliphatic carbocycles. The fourth-order valence-corrected chi connectivity index (χ4v) is 2.36. The van der Waals surface area contributed by atoms with Crippen LogP contribution in [0.4, 0.5) is 0 Å². The van der Waals surface area contributed by atoms with Gasteiger partial charge in [0.15, 0.2) is 0 Å². The number of hydrogen-bond acceptors (Lipinski definition) is 0. The van der Waals surface area contributed by atoms with E-state index in [1.54, 1.807) is 0 Å². The van der Waals surface area contributed by atoms with Crippen LogP contribution in [0.25, 0.3) is 0 Å². The molecule has 0 radical (unpaired) electrons. The number of rotatable bonds is 0. The molecule has 2 nitrogen and oxygen atoms in total. The zero-order valence-corrected chi connectivity index (χ0v) is 10.3. The number of nitrogens with zero attached hydrogens (tertiary/aromatic N) is 2. The Kier molecular flexibility index (Phi) is 2.58. The van der Waals surface area contributed by atoms with Crippen molar-refractivity contribution < 1.29 is 4.57 Å². The lowest BCUT2D eigenvalue weighted by atomic mass is 10.9. The summed E-state index contributed by atoms with van der Waals surface area (Å²) >= 11 is 10.2. The standard InChI is InChI=1S/C5H6Br3N2/c1-9-3(6)4(7)10(2)5(9)8/h1-2H3/q+1. The topological polar surface area (TPSA) is 8.81 Å². The van der Waals surface area contributed by atoms with E-state index in [1.165, 1.54) is 0 Å². The lowest BCUT2D eigenvalue weighted by molar-refractivity contribution is -0.693. The molecule has 0 atom stereocenters. The van der Waals surface area contributed by atoms with Gasteiger partial charge in [0.25, 0.3) is 0 Å². The van der Waals surface area contributed by atoms with Gasteiger partial charge in [0, 0.05) is 47.8 Å². The number of imidazole rings is 1. The van der Waals surface area contributed by atoms with Crippen molar-refractivity contribution in [2.24, 2.45) is 14.1 Å². The first kappa shape index (κ1) is 8.74. The van der Waals surface area contributed by atoms with Gasteiger partial charge in [-0.3, -0.25) is 0 Å². The minimum Gasteiger partial charge on any atom is -0.214 e. The molecular formula is C5H6Br3N2+. The van der Waals surface area contributed by atoms with Crippen molar-refractivity contribution in [3.05, 3.63) is 13.9 Å². The Morgan fingerprint density at radius 3 is 1.90 bits per heavy atom. The van der Waals surface area contributed by atoms with Crippen LogP contribution in [-0.2, 0) is 14.1 Å². The predicted octanol–water partition coefficient (Wildman–Crippen LogP) is 2.14. The van der Waals surface area contributed by atoms with E-state index in [9.17, 15) is 0 Å². The Bertz CT molecular complexity index is 186. The van der Waals surface area contributed by atoms with Gasteiger partial charge in [0.1, 0.15) is 0 Å². The Morgan fingerprint density at radius 1 is 1.30 bits per heavy atom. The van der Waals surface area contributed by atoms with Crippen molar-refractivity contribution in [1.82, 2.24) is 4.57 Å². The van der Waals surface area contributed by atoms with E-state index < -0.39 is 0 Å². The van der Waals surface area contributed by atoms with Crippen LogP contribution in [0.3, 0.4) is 0 Å². The third-order valence-corrected chi connectivity index (χ3v) is 4.72. The molecule has 0 aromatic carbocycles. The molecule has 0 unspecified atom stereocenters. The van der Waals surface area contributed by atoms with Crippen LogP contribution in [0.1, 0.15) is 0 Å². The molecule has 1 aromatic heterocycles. The molecule has 0 saturated heterocycles. The first-order valence-electron chi connectivity index (χ1n) is 2.61. The van der Waals surface area contributed by atoms with E-state index in [1.807, 2.05) is 23.2 Å². The van der Waals surface area contributed by atoms with Crippen LogP contribution < -0.4 is 4.57 Å². The fourth-order valence-electron chi connectivity index (χ4n) is 0.664. The highest BCUT2D eigenvalue weighted by atomic mass is 79.9. The predicted molar refractivity (Wildman–Crippen MR) is 49.7 cm³/mol. The van der Waals surface area contributed by atoms with E-state index in [4.69, 9.17) is 0 Å². The quantitative estimate of drug-likeness (QED) is 0.643. The van der Waals surface area contributed by atoms with E-state index in [2.05, 4.69) is 47.8 Å². The molecule has 0 aliphatic rings. The maximum Gasteiger partial charge on any atom is 0.326 e. The second-order valence-corrected chi connectivity index (χ2v) is 4.18. The van der Waals surface area contributed by atoms with Gasteiger partial charge in [-0.25, -0.2) is 9.13 Å². The summed E-state index contributed by atoms with van der Waals surface area (Å²) in [5.41, 5.74) is 0. The molecule has 0 amide bonds. The van der Waals surface area contributed by atoms with Gasteiger partial charge in [-0.1, -0.05) is 0 Å². The molecule has 0 saturated carbocycles. The van der Waals surface area contributed by atoms with Gasteiger partial charge in [-0.2, -0.15) is 0 Å². The van der Waals surface area contributed by atoms with Crippen molar-refractivity contribution in [1.29, 1.82) is 0 Å². The molecule has 0 fully saturated rings. The van der Waals surface area contributed by atoms with Crippen LogP contribution in [0.15, 0.2) is 13.9 Å². The molecule has 1 heterocycles. The van der Waals surface area contributed by atoms with Crippen molar-refractivity contribution in [3.63, 3.8) is 0 Å². The van der Waals surface area contributed by atoms with Gasteiger partial charge in [0.05, 0.1) is 14.1 Å². The third kappa shape index (κ3) is 1.19. The molecule has 0 spiro atoms. The van der Waals surface area contributed by atoms with Crippen molar-refractivity contribution in [2.75, 3.05) is 0 Å². The van der Waals surface area contributed by atoms with Crippen molar-refractivity contribution in [3.8, 4) is 0 Å². The summed E-state index contributed by atoms with van der Waals surface area (Å²) in [4.78, 5) is 0. The second kappa shape index (κ2) is 2.95. The second-order valence-electron chi connectivity index (χ2n) is 1.97. The summed E-state index contributed by atoms with van der Waals surface area (Å²) in [6.45, 7) is 0. The van der Waals surface area contributed by atoms with Crippen LogP contribution in [0.2, 0.25) is 0 Å². The number of hydrogen-bond donors (Lipinski definition) is 0. The maximum absolute atomic E-state index is 3.42. The normalized spacial score (nSPS) is 10.5. The summed E-state index contributed by atoms with van der Waals surface area (Å²) in [5, 5.41) is 0. The van der Waals surface area contributed by atoms with E-state index in [-0.39, 0.29) is 0 Å². The van der Waals surface area contributed by atoms with Gasteiger partial charge in [-0.05, 0) is 0 Å². The van der Waals surface area contributed by atoms with Gasteiger partial charge in [0.2, 0.25) is 9.21 Å². The highest BCUT2D eigenvalue weighted by molar-refractivity contribution is 9.13. The van der Waals surface area contributed by atoms with Gasteiger partial charge < -0.3 is 0 Å². The number of halogens is 3. The highest BCUT2D eigenvalue weighted by Gasteiger charge is 2.19. The highest BCUT2D eigenvalue weighted by Crippen LogP contribution is 2.22. The molecule has 1 rings (SSSR count). The average molecular weight is 334 g/mol. The van der Waals surface area contributed by atoms with Gasteiger partial charge >= 0.3 is 4.73 Å². The van der Waals surface area contributed by atoms with Crippen LogP contribution in [-0.4, -0.2) is 4.57 Å². The van der Waals surface area contributed by atoms with E-state index in [0.717, 1.165) is 13.9 Å². The lowest BCUT2D eigenvalue weighted by Gasteiger charge is -1.84. The minimum atomic E-state index is 1.02. The van der Waals surface area contributed by atoms with Gasteiger partial charge in [-0.15, -0.1) is 0 Å². The molecule has 56 valence electrons. The Hall–Kier alpha value is 0.650. The SMILES string of the molecule is Cn1c(Br)c(Br)[n+](C)c1Br. The molecule has 0 bridgehead atoms. The lowest BCUT2D eigenvalue weighted by Crippen LogP contribution is -2.29. The summed E-state index contributed by atoms with van der Waals surface area (Å²) < 4.78 is 7.06. The van der Waals surface area contributed by atoms with Crippen molar-refractivity contribution in [2.45, 2.75) is 0 Å². The molecule has 1 aromatic rings. The maximum atomic E-state index is 3.42. The third-order valence-electron chi connectivity index (χ3n) is 1.31. The minimum absolute atomic E-state index is 1.02. The summed E-state index contributed by atoms with van der Waals surface area (Å²) in [6, 6.07) is 0. The van der Waals surface area contributed by atoms with E-state index >= 15 is 0 Å². The summed E-state index contributed by atoms with van der Waals surface area (Å²) in [6.07, 6.45) is 0. The number of aromatic nitrogens is 2. The molecular weight excluding hydrogens is 328 g/mol. The molecule has 10 heavy (non-hydrogen) atoms. The first-order valence-corrected chi connectivity index (χ1v) is 4.98. The zero-order valence-electron chi connectivity index (χ0n) is 5.53. The molecule has 0 aliphatic heterocycles. The Labute approximate surface area is 84.6 Å². The average Bonchev–Trinajstić information content (AvgIpc) is 2.07. The van der Waals surface area contributed by atoms with Crippen LogP contribution in [0, 0.1) is 0 Å². The smallest absolute Gasteiger partial charge is 0.214 e. The van der Waals surface area contributed by atoms with Crippen molar-refractivity contribution >= 4 is 47.8 Å². The fraction of sp³-hybridized carbons (Fsp3) is 0.400. The van der Waals surface area contributed by atoms with Crippen LogP contribution in [0.5, 0.6) is 0 Å². The summed E-state index contributed by atoms with van der Waals surface area (Å²) in [5.74, 6) is 0. The zero-order chi connectivity index (χ0) is 7.89. The summed E-state index contributed by atoms with van der Waals surface area (Å²) in [7, 11) is 3.94. The van der Waals surface area contributed by atoms with E-state index in [0.29, 0.717) is 0 Å². The first-order chi connectivity index (χ1) is 4.55. The molecule has 0 N–H and O–H groups in total.